The summed E-state index contributed by atoms with van der Waals surface area (Å²) in [4.78, 5) is 25.3. The van der Waals surface area contributed by atoms with E-state index in [-0.39, 0.29) is 11.8 Å². The fraction of sp³-hybridized carbons (Fsp3) is 0.857. The molecule has 0 aromatic rings. The fourth-order valence-electron chi connectivity index (χ4n) is 2.78. The van der Waals surface area contributed by atoms with E-state index < -0.39 is 12.0 Å². The first-order chi connectivity index (χ1) is 8.54. The van der Waals surface area contributed by atoms with Gasteiger partial charge in [0.05, 0.1) is 0 Å². The number of hydrogen-bond donors (Lipinski definition) is 1. The van der Waals surface area contributed by atoms with E-state index in [1.165, 1.54) is 0 Å². The monoisotopic (exact) mass is 255 g/mol. The highest BCUT2D eigenvalue weighted by Crippen LogP contribution is 2.27. The molecule has 0 spiro atoms. The molecule has 4 heteroatoms. The van der Waals surface area contributed by atoms with Gasteiger partial charge in [0.1, 0.15) is 6.04 Å². The van der Waals surface area contributed by atoms with Gasteiger partial charge in [-0.05, 0) is 31.6 Å². The third-order valence-corrected chi connectivity index (χ3v) is 4.19. The van der Waals surface area contributed by atoms with Crippen LogP contribution >= 0.6 is 0 Å². The van der Waals surface area contributed by atoms with E-state index in [0.29, 0.717) is 18.9 Å². The molecule has 104 valence electrons. The average Bonchev–Trinajstić information content (AvgIpc) is 2.39. The van der Waals surface area contributed by atoms with E-state index in [1.807, 2.05) is 13.8 Å². The fourth-order valence-corrected chi connectivity index (χ4v) is 2.78. The second-order valence-electron chi connectivity index (χ2n) is 5.20. The Morgan fingerprint density at radius 2 is 1.89 bits per heavy atom. The van der Waals surface area contributed by atoms with Gasteiger partial charge in [0.2, 0.25) is 5.91 Å². The third kappa shape index (κ3) is 3.24. The van der Waals surface area contributed by atoms with Gasteiger partial charge < -0.3 is 10.0 Å². The molecule has 0 saturated carbocycles. The molecule has 0 bridgehead atoms. The molecule has 0 aliphatic carbocycles. The van der Waals surface area contributed by atoms with Crippen LogP contribution in [0.2, 0.25) is 0 Å². The van der Waals surface area contributed by atoms with Crippen molar-refractivity contribution < 1.29 is 14.7 Å². The first-order valence-corrected chi connectivity index (χ1v) is 7.08. The maximum atomic E-state index is 12.3. The molecule has 0 aromatic carbocycles. The highest BCUT2D eigenvalue weighted by atomic mass is 16.4. The molecule has 1 N–H and O–H groups in total. The summed E-state index contributed by atoms with van der Waals surface area (Å²) in [5, 5.41) is 9.30. The number of hydrogen-bond acceptors (Lipinski definition) is 2. The summed E-state index contributed by atoms with van der Waals surface area (Å²) in [5.41, 5.74) is 0. The van der Waals surface area contributed by atoms with E-state index in [1.54, 1.807) is 4.90 Å². The maximum absolute atomic E-state index is 12.3. The average molecular weight is 255 g/mol. The van der Waals surface area contributed by atoms with Gasteiger partial charge in [-0.2, -0.15) is 0 Å². The van der Waals surface area contributed by atoms with Crippen molar-refractivity contribution in [3.8, 4) is 0 Å². The van der Waals surface area contributed by atoms with Crippen molar-refractivity contribution in [1.82, 2.24) is 4.90 Å². The molecule has 1 heterocycles. The first-order valence-electron chi connectivity index (χ1n) is 7.08. The van der Waals surface area contributed by atoms with Crippen molar-refractivity contribution in [3.63, 3.8) is 0 Å². The molecule has 2 unspecified atom stereocenters. The highest BCUT2D eigenvalue weighted by Gasteiger charge is 2.37. The van der Waals surface area contributed by atoms with Gasteiger partial charge in [0, 0.05) is 12.5 Å². The number of nitrogens with zero attached hydrogens (tertiary/aromatic N) is 1. The lowest BCUT2D eigenvalue weighted by atomic mass is 9.87. The molecule has 18 heavy (non-hydrogen) atoms. The van der Waals surface area contributed by atoms with Gasteiger partial charge >= 0.3 is 5.97 Å². The topological polar surface area (TPSA) is 57.6 Å². The summed E-state index contributed by atoms with van der Waals surface area (Å²) < 4.78 is 0. The van der Waals surface area contributed by atoms with Crippen LogP contribution in [-0.4, -0.2) is 34.5 Å². The van der Waals surface area contributed by atoms with Crippen molar-refractivity contribution in [2.45, 2.75) is 58.9 Å². The molecule has 1 aliphatic heterocycles. The molecule has 4 nitrogen and oxygen atoms in total. The Balaban J connectivity index is 2.79. The predicted molar refractivity (Wildman–Crippen MR) is 70.2 cm³/mol. The van der Waals surface area contributed by atoms with Crippen molar-refractivity contribution in [1.29, 1.82) is 0 Å². The Morgan fingerprint density at radius 1 is 1.28 bits per heavy atom. The van der Waals surface area contributed by atoms with Crippen molar-refractivity contribution in [3.05, 3.63) is 0 Å². The zero-order valence-electron chi connectivity index (χ0n) is 11.7. The van der Waals surface area contributed by atoms with Gasteiger partial charge in [0.25, 0.3) is 0 Å². The quantitative estimate of drug-likeness (QED) is 0.821. The Hall–Kier alpha value is -1.06. The number of aliphatic carboxylic acids is 1. The van der Waals surface area contributed by atoms with Crippen molar-refractivity contribution in [2.24, 2.45) is 11.8 Å². The molecule has 0 radical (unpaired) electrons. The van der Waals surface area contributed by atoms with Crippen LogP contribution in [0.15, 0.2) is 0 Å². The summed E-state index contributed by atoms with van der Waals surface area (Å²) in [6, 6.07) is -0.614. The number of piperidine rings is 1. The van der Waals surface area contributed by atoms with E-state index in [2.05, 4.69) is 6.92 Å². The molecule has 1 rings (SSSR count). The van der Waals surface area contributed by atoms with E-state index >= 15 is 0 Å². The summed E-state index contributed by atoms with van der Waals surface area (Å²) in [7, 11) is 0. The van der Waals surface area contributed by atoms with Crippen LogP contribution in [0, 0.1) is 11.8 Å². The van der Waals surface area contributed by atoms with Crippen LogP contribution in [0.4, 0.5) is 0 Å². The predicted octanol–water partition coefficient (Wildman–Crippen LogP) is 2.52. The molecule has 2 atom stereocenters. The lowest BCUT2D eigenvalue weighted by Gasteiger charge is -2.38. The van der Waals surface area contributed by atoms with E-state index in [4.69, 9.17) is 0 Å². The lowest BCUT2D eigenvalue weighted by Crippen LogP contribution is -2.51. The second kappa shape index (κ2) is 6.76. The Bertz CT molecular complexity index is 299. The van der Waals surface area contributed by atoms with Gasteiger partial charge in [0.15, 0.2) is 0 Å². The highest BCUT2D eigenvalue weighted by molar-refractivity contribution is 5.85. The number of amides is 1. The van der Waals surface area contributed by atoms with E-state index in [9.17, 15) is 14.7 Å². The van der Waals surface area contributed by atoms with Crippen LogP contribution in [0.1, 0.15) is 52.9 Å². The van der Waals surface area contributed by atoms with Crippen LogP contribution in [0.5, 0.6) is 0 Å². The minimum absolute atomic E-state index is 0.0231. The molecule has 1 saturated heterocycles. The molecule has 1 aliphatic rings. The van der Waals surface area contributed by atoms with Gasteiger partial charge in [-0.15, -0.1) is 0 Å². The van der Waals surface area contributed by atoms with Crippen LogP contribution in [0.25, 0.3) is 0 Å². The minimum atomic E-state index is -0.854. The van der Waals surface area contributed by atoms with Crippen molar-refractivity contribution >= 4 is 11.9 Å². The summed E-state index contributed by atoms with van der Waals surface area (Å²) in [6.07, 6.45) is 4.12. The number of likely N-dealkylation sites (tertiary alicyclic amines) is 1. The zero-order valence-corrected chi connectivity index (χ0v) is 11.7. The van der Waals surface area contributed by atoms with Crippen molar-refractivity contribution in [2.75, 3.05) is 6.54 Å². The molecule has 1 amide bonds. The number of carbonyl (C=O) groups excluding carboxylic acids is 1. The maximum Gasteiger partial charge on any atom is 0.326 e. The SMILES string of the molecule is CCC1CCN(C(=O)C(CC)CC)C(C(=O)O)C1. The van der Waals surface area contributed by atoms with Crippen LogP contribution in [0.3, 0.4) is 0 Å². The molecule has 1 fully saturated rings. The largest absolute Gasteiger partial charge is 0.480 e. The number of carbonyl (C=O) groups is 2. The van der Waals surface area contributed by atoms with Gasteiger partial charge in [-0.25, -0.2) is 4.79 Å². The summed E-state index contributed by atoms with van der Waals surface area (Å²) in [5.74, 6) is -0.406. The third-order valence-electron chi connectivity index (χ3n) is 4.19. The number of carboxylic acids is 1. The molecular weight excluding hydrogens is 230 g/mol. The Labute approximate surface area is 109 Å². The second-order valence-corrected chi connectivity index (χ2v) is 5.20. The van der Waals surface area contributed by atoms with Gasteiger partial charge in [-0.1, -0.05) is 27.2 Å². The number of carboxylic acid groups (broad SMARTS) is 1. The van der Waals surface area contributed by atoms with Crippen LogP contribution < -0.4 is 0 Å². The Morgan fingerprint density at radius 3 is 2.33 bits per heavy atom. The molecular formula is C14H25NO3. The summed E-state index contributed by atoms with van der Waals surface area (Å²) in [6.45, 7) is 6.66. The van der Waals surface area contributed by atoms with E-state index in [0.717, 1.165) is 25.7 Å². The standard InChI is InChI=1S/C14H25NO3/c1-4-10-7-8-15(12(9-10)14(17)18)13(16)11(5-2)6-3/h10-12H,4-9H2,1-3H3,(H,17,18). The van der Waals surface area contributed by atoms with Gasteiger partial charge in [-0.3, -0.25) is 4.79 Å². The smallest absolute Gasteiger partial charge is 0.326 e. The van der Waals surface area contributed by atoms with Crippen LogP contribution in [-0.2, 0) is 9.59 Å². The summed E-state index contributed by atoms with van der Waals surface area (Å²) >= 11 is 0. The molecule has 0 aromatic heterocycles. The minimum Gasteiger partial charge on any atom is -0.480 e. The lowest BCUT2D eigenvalue weighted by molar-refractivity contribution is -0.155. The Kier molecular flexibility index (Phi) is 5.63. The number of rotatable bonds is 5. The normalized spacial score (nSPS) is 24.3. The zero-order chi connectivity index (χ0) is 13.7. The first kappa shape index (κ1) is 15.0.